The van der Waals surface area contributed by atoms with Gasteiger partial charge in [0.2, 0.25) is 11.8 Å². The Morgan fingerprint density at radius 3 is 2.48 bits per heavy atom. The minimum absolute atomic E-state index is 0.0451. The third-order valence-electron chi connectivity index (χ3n) is 3.49. The van der Waals surface area contributed by atoms with Gasteiger partial charge in [0.15, 0.2) is 0 Å². The van der Waals surface area contributed by atoms with Crippen LogP contribution in [0, 0.1) is 6.92 Å². The fraction of sp³-hybridized carbons (Fsp3) is 0.278. The molecule has 0 spiro atoms. The molecule has 0 unspecified atom stereocenters. The van der Waals surface area contributed by atoms with Crippen LogP contribution in [0.2, 0.25) is 0 Å². The molecule has 5 nitrogen and oxygen atoms in total. The normalized spacial score (nSPS) is 10.2. The van der Waals surface area contributed by atoms with Crippen molar-refractivity contribution in [1.29, 1.82) is 0 Å². The fourth-order valence-electron chi connectivity index (χ4n) is 2.13. The van der Waals surface area contributed by atoms with Gasteiger partial charge in [0.1, 0.15) is 0 Å². The van der Waals surface area contributed by atoms with Crippen molar-refractivity contribution >= 4 is 11.8 Å². The molecule has 0 aliphatic rings. The Balaban J connectivity index is 1.89. The second-order valence-corrected chi connectivity index (χ2v) is 5.50. The second kappa shape index (κ2) is 8.08. The Bertz CT molecular complexity index is 654. The number of rotatable bonds is 6. The van der Waals surface area contributed by atoms with E-state index in [-0.39, 0.29) is 18.4 Å². The standard InChI is InChI=1S/C18H21N3O2/c1-14-5-7-16(8-6-14)12-21(15(2)22)13-18(23)20-11-17-4-3-9-19-10-17/h3-10H,11-13H2,1-2H3,(H,20,23). The minimum atomic E-state index is -0.184. The molecule has 2 rings (SSSR count). The summed E-state index contributed by atoms with van der Waals surface area (Å²) >= 11 is 0. The van der Waals surface area contributed by atoms with Crippen molar-refractivity contribution < 1.29 is 9.59 Å². The number of carbonyl (C=O) groups is 2. The highest BCUT2D eigenvalue weighted by atomic mass is 16.2. The van der Waals surface area contributed by atoms with Crippen molar-refractivity contribution in [1.82, 2.24) is 15.2 Å². The van der Waals surface area contributed by atoms with Crippen LogP contribution < -0.4 is 5.32 Å². The number of nitrogens with one attached hydrogen (secondary N) is 1. The SMILES string of the molecule is CC(=O)N(CC(=O)NCc1cccnc1)Cc1ccc(C)cc1. The van der Waals surface area contributed by atoms with Crippen LogP contribution in [0.25, 0.3) is 0 Å². The molecular weight excluding hydrogens is 290 g/mol. The third-order valence-corrected chi connectivity index (χ3v) is 3.49. The lowest BCUT2D eigenvalue weighted by molar-refractivity contribution is -0.135. The highest BCUT2D eigenvalue weighted by Crippen LogP contribution is 2.07. The lowest BCUT2D eigenvalue weighted by Crippen LogP contribution is -2.39. The van der Waals surface area contributed by atoms with E-state index in [9.17, 15) is 9.59 Å². The summed E-state index contributed by atoms with van der Waals surface area (Å²) in [5.41, 5.74) is 3.09. The van der Waals surface area contributed by atoms with Gasteiger partial charge < -0.3 is 10.2 Å². The molecular formula is C18H21N3O2. The Hall–Kier alpha value is -2.69. The first kappa shape index (κ1) is 16.7. The van der Waals surface area contributed by atoms with Crippen molar-refractivity contribution in [3.63, 3.8) is 0 Å². The second-order valence-electron chi connectivity index (χ2n) is 5.50. The molecule has 0 saturated carbocycles. The van der Waals surface area contributed by atoms with E-state index < -0.39 is 0 Å². The molecule has 0 bridgehead atoms. The zero-order valence-electron chi connectivity index (χ0n) is 13.5. The average molecular weight is 311 g/mol. The average Bonchev–Trinajstić information content (AvgIpc) is 2.55. The highest BCUT2D eigenvalue weighted by molar-refractivity contribution is 5.83. The van der Waals surface area contributed by atoms with Crippen LogP contribution in [0.5, 0.6) is 0 Å². The number of pyridine rings is 1. The smallest absolute Gasteiger partial charge is 0.239 e. The molecule has 5 heteroatoms. The summed E-state index contributed by atoms with van der Waals surface area (Å²) in [5.74, 6) is -0.307. The molecule has 0 atom stereocenters. The molecule has 0 aliphatic carbocycles. The van der Waals surface area contributed by atoms with Crippen LogP contribution in [-0.4, -0.2) is 28.2 Å². The molecule has 1 aromatic carbocycles. The van der Waals surface area contributed by atoms with E-state index >= 15 is 0 Å². The Morgan fingerprint density at radius 2 is 1.87 bits per heavy atom. The molecule has 0 saturated heterocycles. The summed E-state index contributed by atoms with van der Waals surface area (Å²) in [5, 5.41) is 2.81. The predicted octanol–water partition coefficient (Wildman–Crippen LogP) is 2.05. The molecule has 0 radical (unpaired) electrons. The Morgan fingerprint density at radius 1 is 1.13 bits per heavy atom. The van der Waals surface area contributed by atoms with Gasteiger partial charge in [-0.05, 0) is 24.1 Å². The molecule has 23 heavy (non-hydrogen) atoms. The van der Waals surface area contributed by atoms with Crippen LogP contribution >= 0.6 is 0 Å². The van der Waals surface area contributed by atoms with Gasteiger partial charge >= 0.3 is 0 Å². The molecule has 2 amide bonds. The van der Waals surface area contributed by atoms with Crippen molar-refractivity contribution in [2.75, 3.05) is 6.54 Å². The zero-order valence-corrected chi connectivity index (χ0v) is 13.5. The highest BCUT2D eigenvalue weighted by Gasteiger charge is 2.14. The first-order valence-corrected chi connectivity index (χ1v) is 7.51. The molecule has 1 N–H and O–H groups in total. The van der Waals surface area contributed by atoms with Gasteiger partial charge in [-0.25, -0.2) is 0 Å². The first-order chi connectivity index (χ1) is 11.0. The number of amides is 2. The number of benzene rings is 1. The van der Waals surface area contributed by atoms with Crippen LogP contribution in [0.15, 0.2) is 48.8 Å². The minimum Gasteiger partial charge on any atom is -0.350 e. The van der Waals surface area contributed by atoms with Crippen LogP contribution in [0.3, 0.4) is 0 Å². The van der Waals surface area contributed by atoms with Gasteiger partial charge in [-0.2, -0.15) is 0 Å². The van der Waals surface area contributed by atoms with Gasteiger partial charge in [0.25, 0.3) is 0 Å². The first-order valence-electron chi connectivity index (χ1n) is 7.51. The van der Waals surface area contributed by atoms with Gasteiger partial charge in [0, 0.05) is 32.4 Å². The van der Waals surface area contributed by atoms with E-state index in [4.69, 9.17) is 0 Å². The lowest BCUT2D eigenvalue weighted by Gasteiger charge is -2.20. The van der Waals surface area contributed by atoms with Gasteiger partial charge in [0.05, 0.1) is 6.54 Å². The van der Waals surface area contributed by atoms with Crippen molar-refractivity contribution in [3.05, 3.63) is 65.5 Å². The Labute approximate surface area is 136 Å². The molecule has 120 valence electrons. The summed E-state index contributed by atoms with van der Waals surface area (Å²) in [6.45, 7) is 4.36. The fourth-order valence-corrected chi connectivity index (χ4v) is 2.13. The zero-order chi connectivity index (χ0) is 16.7. The van der Waals surface area contributed by atoms with Crippen LogP contribution in [-0.2, 0) is 22.7 Å². The monoisotopic (exact) mass is 311 g/mol. The number of hydrogen-bond acceptors (Lipinski definition) is 3. The predicted molar refractivity (Wildman–Crippen MR) is 88.4 cm³/mol. The summed E-state index contributed by atoms with van der Waals surface area (Å²) in [6.07, 6.45) is 3.39. The van der Waals surface area contributed by atoms with E-state index in [1.165, 1.54) is 11.8 Å². The van der Waals surface area contributed by atoms with Crippen molar-refractivity contribution in [2.24, 2.45) is 0 Å². The maximum atomic E-state index is 12.1. The number of nitrogens with zero attached hydrogens (tertiary/aromatic N) is 2. The number of carbonyl (C=O) groups excluding carboxylic acids is 2. The van der Waals surface area contributed by atoms with E-state index in [0.717, 1.165) is 16.7 Å². The maximum absolute atomic E-state index is 12.1. The molecule has 1 heterocycles. The van der Waals surface area contributed by atoms with E-state index in [1.807, 2.05) is 43.3 Å². The number of aryl methyl sites for hydroxylation is 1. The topological polar surface area (TPSA) is 62.3 Å². The largest absolute Gasteiger partial charge is 0.350 e. The molecule has 0 fully saturated rings. The summed E-state index contributed by atoms with van der Waals surface area (Å²) in [7, 11) is 0. The molecule has 2 aromatic rings. The Kier molecular flexibility index (Phi) is 5.86. The molecule has 1 aromatic heterocycles. The van der Waals surface area contributed by atoms with E-state index in [0.29, 0.717) is 13.1 Å². The molecule has 0 aliphatic heterocycles. The number of aromatic nitrogens is 1. The lowest BCUT2D eigenvalue weighted by atomic mass is 10.1. The van der Waals surface area contributed by atoms with Crippen molar-refractivity contribution in [2.45, 2.75) is 26.9 Å². The maximum Gasteiger partial charge on any atom is 0.239 e. The van der Waals surface area contributed by atoms with Gasteiger partial charge in [-0.15, -0.1) is 0 Å². The summed E-state index contributed by atoms with van der Waals surface area (Å²) in [4.78, 5) is 29.3. The third kappa shape index (κ3) is 5.54. The van der Waals surface area contributed by atoms with E-state index in [1.54, 1.807) is 12.4 Å². The quantitative estimate of drug-likeness (QED) is 0.888. The number of hydrogen-bond donors (Lipinski definition) is 1. The summed E-state index contributed by atoms with van der Waals surface area (Å²) in [6, 6.07) is 11.6. The van der Waals surface area contributed by atoms with Crippen LogP contribution in [0.4, 0.5) is 0 Å². The van der Waals surface area contributed by atoms with E-state index in [2.05, 4.69) is 10.3 Å². The van der Waals surface area contributed by atoms with Gasteiger partial charge in [-0.1, -0.05) is 35.9 Å². The van der Waals surface area contributed by atoms with Crippen molar-refractivity contribution in [3.8, 4) is 0 Å². The van der Waals surface area contributed by atoms with Crippen LogP contribution in [0.1, 0.15) is 23.6 Å². The van der Waals surface area contributed by atoms with Gasteiger partial charge in [-0.3, -0.25) is 14.6 Å². The summed E-state index contributed by atoms with van der Waals surface area (Å²) < 4.78 is 0.